The molecular formula is C15H11F4NO4S. The molecule has 2 rings (SSSR count). The fourth-order valence-corrected chi connectivity index (χ4v) is 3.09. The monoisotopic (exact) mass is 377 g/mol. The van der Waals surface area contributed by atoms with Crippen LogP contribution in [0.2, 0.25) is 0 Å². The Hall–Kier alpha value is -2.62. The van der Waals surface area contributed by atoms with Gasteiger partial charge >= 0.3 is 12.1 Å². The van der Waals surface area contributed by atoms with Crippen LogP contribution < -0.4 is 4.72 Å². The zero-order chi connectivity index (χ0) is 19.0. The number of halogens is 4. The Morgan fingerprint density at radius 3 is 2.32 bits per heavy atom. The van der Waals surface area contributed by atoms with Gasteiger partial charge in [0.05, 0.1) is 16.0 Å². The molecule has 0 saturated heterocycles. The van der Waals surface area contributed by atoms with Gasteiger partial charge in [0.1, 0.15) is 5.82 Å². The quantitative estimate of drug-likeness (QED) is 0.797. The maximum Gasteiger partial charge on any atom is 0.419 e. The topological polar surface area (TPSA) is 83.5 Å². The number of anilines is 1. The van der Waals surface area contributed by atoms with Gasteiger partial charge in [-0.1, -0.05) is 6.07 Å². The molecule has 2 aromatic carbocycles. The minimum Gasteiger partial charge on any atom is -0.478 e. The fraction of sp³-hybridized carbons (Fsp3) is 0.133. The van der Waals surface area contributed by atoms with Gasteiger partial charge in [-0.05, 0) is 42.8 Å². The van der Waals surface area contributed by atoms with E-state index in [1.165, 1.54) is 13.0 Å². The van der Waals surface area contributed by atoms with Crippen molar-refractivity contribution in [2.24, 2.45) is 0 Å². The van der Waals surface area contributed by atoms with Crippen molar-refractivity contribution < 1.29 is 35.9 Å². The Balaban J connectivity index is 2.43. The Morgan fingerprint density at radius 2 is 1.76 bits per heavy atom. The van der Waals surface area contributed by atoms with Crippen molar-refractivity contribution in [1.29, 1.82) is 0 Å². The molecule has 0 radical (unpaired) electrons. The van der Waals surface area contributed by atoms with E-state index in [1.54, 1.807) is 0 Å². The number of nitrogens with one attached hydrogen (secondary N) is 1. The van der Waals surface area contributed by atoms with E-state index in [0.717, 1.165) is 18.2 Å². The van der Waals surface area contributed by atoms with Gasteiger partial charge in [-0.25, -0.2) is 17.6 Å². The average Bonchev–Trinajstić information content (AvgIpc) is 2.47. The van der Waals surface area contributed by atoms with Crippen molar-refractivity contribution in [2.45, 2.75) is 18.0 Å². The summed E-state index contributed by atoms with van der Waals surface area (Å²) in [5, 5.41) is 9.02. The molecule has 2 aromatic rings. The molecule has 0 heterocycles. The second-order valence-electron chi connectivity index (χ2n) is 5.08. The molecule has 0 aliphatic rings. The summed E-state index contributed by atoms with van der Waals surface area (Å²) in [4.78, 5) is 10.6. The summed E-state index contributed by atoms with van der Waals surface area (Å²) in [5.41, 5.74) is -2.08. The van der Waals surface area contributed by atoms with Crippen LogP contribution in [0.25, 0.3) is 0 Å². The zero-order valence-corrected chi connectivity index (χ0v) is 13.4. The van der Waals surface area contributed by atoms with Crippen LogP contribution in [-0.4, -0.2) is 19.5 Å². The van der Waals surface area contributed by atoms with Gasteiger partial charge in [-0.3, -0.25) is 4.72 Å². The summed E-state index contributed by atoms with van der Waals surface area (Å²) < 4.78 is 77.7. The van der Waals surface area contributed by atoms with E-state index in [2.05, 4.69) is 0 Å². The minimum atomic E-state index is -4.99. The lowest BCUT2D eigenvalue weighted by molar-refractivity contribution is -0.139. The first kappa shape index (κ1) is 18.7. The fourth-order valence-electron chi connectivity index (χ4n) is 2.02. The van der Waals surface area contributed by atoms with Crippen LogP contribution in [0.15, 0.2) is 41.3 Å². The maximum absolute atomic E-state index is 13.2. The Labute approximate surface area is 140 Å². The highest BCUT2D eigenvalue weighted by Gasteiger charge is 2.34. The van der Waals surface area contributed by atoms with Crippen LogP contribution in [-0.2, 0) is 16.2 Å². The normalized spacial score (nSPS) is 12.0. The van der Waals surface area contributed by atoms with Gasteiger partial charge in [0.15, 0.2) is 0 Å². The van der Waals surface area contributed by atoms with Crippen LogP contribution in [0, 0.1) is 12.7 Å². The van der Waals surface area contributed by atoms with Crippen molar-refractivity contribution in [3.05, 3.63) is 58.9 Å². The van der Waals surface area contributed by atoms with E-state index >= 15 is 0 Å². The number of benzene rings is 2. The number of alkyl halides is 3. The molecule has 25 heavy (non-hydrogen) atoms. The zero-order valence-electron chi connectivity index (χ0n) is 12.6. The smallest absolute Gasteiger partial charge is 0.419 e. The highest BCUT2D eigenvalue weighted by molar-refractivity contribution is 7.92. The molecule has 0 bridgehead atoms. The Bertz CT molecular complexity index is 939. The van der Waals surface area contributed by atoms with Crippen LogP contribution in [0.3, 0.4) is 0 Å². The number of rotatable bonds is 4. The van der Waals surface area contributed by atoms with E-state index < -0.39 is 44.1 Å². The van der Waals surface area contributed by atoms with Crippen molar-refractivity contribution in [1.82, 2.24) is 0 Å². The standard InChI is InChI=1S/C15H11F4NO4S/c1-8-2-4-10(7-11(8)14(21)22)25(23,24)20-9-3-5-13(16)12(6-9)15(17,18)19/h2-7,20H,1H3,(H,21,22). The number of aryl methyl sites for hydroxylation is 1. The summed E-state index contributed by atoms with van der Waals surface area (Å²) in [6.45, 7) is 1.46. The number of carbonyl (C=O) groups is 1. The number of carboxylic acids is 1. The lowest BCUT2D eigenvalue weighted by atomic mass is 10.1. The maximum atomic E-state index is 13.2. The second kappa shape index (κ2) is 6.36. The summed E-state index contributed by atoms with van der Waals surface area (Å²) in [5.74, 6) is -2.89. The Kier molecular flexibility index (Phi) is 4.76. The molecular weight excluding hydrogens is 366 g/mol. The summed E-state index contributed by atoms with van der Waals surface area (Å²) >= 11 is 0. The number of sulfonamides is 1. The third-order valence-corrected chi connectivity index (χ3v) is 4.65. The van der Waals surface area contributed by atoms with Crippen molar-refractivity contribution >= 4 is 21.7 Å². The first-order valence-corrected chi connectivity index (χ1v) is 8.13. The van der Waals surface area contributed by atoms with Gasteiger partial charge < -0.3 is 5.11 Å². The molecule has 0 fully saturated rings. The molecule has 2 N–H and O–H groups in total. The number of carboxylic acid groups (broad SMARTS) is 1. The first-order chi connectivity index (χ1) is 11.4. The van der Waals surface area contributed by atoms with E-state index in [0.29, 0.717) is 17.7 Å². The van der Waals surface area contributed by atoms with Crippen LogP contribution in [0.5, 0.6) is 0 Å². The minimum absolute atomic E-state index is 0.266. The molecule has 0 spiro atoms. The molecule has 0 aliphatic carbocycles. The molecule has 0 saturated carbocycles. The summed E-state index contributed by atoms with van der Waals surface area (Å²) in [6.07, 6.45) is -4.99. The average molecular weight is 377 g/mol. The van der Waals surface area contributed by atoms with Crippen molar-refractivity contribution in [2.75, 3.05) is 4.72 Å². The van der Waals surface area contributed by atoms with Gasteiger partial charge in [0, 0.05) is 5.69 Å². The van der Waals surface area contributed by atoms with Gasteiger partial charge in [-0.15, -0.1) is 0 Å². The molecule has 0 atom stereocenters. The van der Waals surface area contributed by atoms with E-state index in [1.807, 2.05) is 4.72 Å². The number of hydrogen-bond donors (Lipinski definition) is 2. The predicted molar refractivity (Wildman–Crippen MR) is 80.3 cm³/mol. The largest absolute Gasteiger partial charge is 0.478 e. The van der Waals surface area contributed by atoms with E-state index in [-0.39, 0.29) is 5.56 Å². The predicted octanol–water partition coefficient (Wildman–Crippen LogP) is 3.65. The second-order valence-corrected chi connectivity index (χ2v) is 6.76. The molecule has 10 heteroatoms. The third kappa shape index (κ3) is 4.08. The van der Waals surface area contributed by atoms with Gasteiger partial charge in [-0.2, -0.15) is 13.2 Å². The molecule has 0 aromatic heterocycles. The number of hydrogen-bond acceptors (Lipinski definition) is 3. The highest BCUT2D eigenvalue weighted by atomic mass is 32.2. The van der Waals surface area contributed by atoms with E-state index in [4.69, 9.17) is 5.11 Å². The summed E-state index contributed by atoms with van der Waals surface area (Å²) in [6, 6.07) is 4.88. The van der Waals surface area contributed by atoms with Crippen molar-refractivity contribution in [3.63, 3.8) is 0 Å². The van der Waals surface area contributed by atoms with Crippen LogP contribution in [0.1, 0.15) is 21.5 Å². The first-order valence-electron chi connectivity index (χ1n) is 6.65. The van der Waals surface area contributed by atoms with E-state index in [9.17, 15) is 30.8 Å². The van der Waals surface area contributed by atoms with Crippen LogP contribution >= 0.6 is 0 Å². The van der Waals surface area contributed by atoms with Crippen molar-refractivity contribution in [3.8, 4) is 0 Å². The van der Waals surface area contributed by atoms with Gasteiger partial charge in [0.2, 0.25) is 0 Å². The molecule has 5 nitrogen and oxygen atoms in total. The molecule has 0 amide bonds. The lowest BCUT2D eigenvalue weighted by Gasteiger charge is -2.13. The van der Waals surface area contributed by atoms with Crippen LogP contribution in [0.4, 0.5) is 23.2 Å². The molecule has 0 aliphatic heterocycles. The van der Waals surface area contributed by atoms with Gasteiger partial charge in [0.25, 0.3) is 10.0 Å². The third-order valence-electron chi connectivity index (χ3n) is 3.27. The lowest BCUT2D eigenvalue weighted by Crippen LogP contribution is -2.15. The molecule has 0 unspecified atom stereocenters. The highest BCUT2D eigenvalue weighted by Crippen LogP contribution is 2.33. The molecule has 134 valence electrons. The SMILES string of the molecule is Cc1ccc(S(=O)(=O)Nc2ccc(F)c(C(F)(F)F)c2)cc1C(=O)O. The summed E-state index contributed by atoms with van der Waals surface area (Å²) in [7, 11) is -4.36. The number of aromatic carboxylic acids is 1. The Morgan fingerprint density at radius 1 is 1.12 bits per heavy atom.